The van der Waals surface area contributed by atoms with Gasteiger partial charge in [-0.1, -0.05) is 12.1 Å². The second-order valence-corrected chi connectivity index (χ2v) is 6.11. The fourth-order valence-corrected chi connectivity index (χ4v) is 3.24. The topological polar surface area (TPSA) is 90.3 Å². The zero-order valence-electron chi connectivity index (χ0n) is 10.2. The average molecular weight is 279 g/mol. The lowest BCUT2D eigenvalue weighted by Gasteiger charge is -2.25. The molecule has 1 N–H and O–H groups in total. The van der Waals surface area contributed by atoms with Crippen LogP contribution in [0.15, 0.2) is 29.2 Å². The maximum Gasteiger partial charge on any atom is 0.243 e. The molecule has 1 amide bonds. The largest absolute Gasteiger partial charge is 0.354 e. The Bertz CT molecular complexity index is 617. The molecule has 19 heavy (non-hydrogen) atoms. The van der Waals surface area contributed by atoms with Gasteiger partial charge < -0.3 is 5.32 Å². The van der Waals surface area contributed by atoms with Crippen molar-refractivity contribution in [2.24, 2.45) is 0 Å². The average Bonchev–Trinajstić information content (AvgIpc) is 2.40. The second kappa shape index (κ2) is 5.38. The van der Waals surface area contributed by atoms with Crippen LogP contribution in [-0.2, 0) is 21.2 Å². The van der Waals surface area contributed by atoms with Gasteiger partial charge in [-0.2, -0.15) is 9.57 Å². The number of nitrogens with one attached hydrogen (secondary N) is 1. The third-order valence-electron chi connectivity index (χ3n) is 2.85. The number of piperazine rings is 1. The van der Waals surface area contributed by atoms with Gasteiger partial charge in [-0.05, 0) is 17.7 Å². The number of carbonyl (C=O) groups excluding carboxylic acids is 1. The van der Waals surface area contributed by atoms with E-state index in [0.29, 0.717) is 6.54 Å². The lowest BCUT2D eigenvalue weighted by Crippen LogP contribution is -2.49. The summed E-state index contributed by atoms with van der Waals surface area (Å²) >= 11 is 0. The molecule has 2 rings (SSSR count). The Labute approximate surface area is 111 Å². The smallest absolute Gasteiger partial charge is 0.243 e. The third kappa shape index (κ3) is 2.92. The number of amides is 1. The SMILES string of the molecule is N#CCc1ccc(S(=O)(=O)N2CCNC(=O)C2)cc1. The predicted octanol–water partition coefficient (Wildman–Crippen LogP) is -0.127. The monoisotopic (exact) mass is 279 g/mol. The van der Waals surface area contributed by atoms with Crippen molar-refractivity contribution in [1.82, 2.24) is 9.62 Å². The van der Waals surface area contributed by atoms with Crippen molar-refractivity contribution >= 4 is 15.9 Å². The summed E-state index contributed by atoms with van der Waals surface area (Å²) in [4.78, 5) is 11.4. The number of rotatable bonds is 3. The van der Waals surface area contributed by atoms with Crippen molar-refractivity contribution in [3.05, 3.63) is 29.8 Å². The van der Waals surface area contributed by atoms with Crippen LogP contribution < -0.4 is 5.32 Å². The number of carbonyl (C=O) groups is 1. The van der Waals surface area contributed by atoms with E-state index < -0.39 is 10.0 Å². The molecule has 0 aliphatic carbocycles. The van der Waals surface area contributed by atoms with Gasteiger partial charge >= 0.3 is 0 Å². The van der Waals surface area contributed by atoms with Gasteiger partial charge in [0.15, 0.2) is 0 Å². The van der Waals surface area contributed by atoms with Gasteiger partial charge in [0.1, 0.15) is 0 Å². The predicted molar refractivity (Wildman–Crippen MR) is 67.5 cm³/mol. The zero-order valence-corrected chi connectivity index (χ0v) is 11.0. The molecule has 0 atom stereocenters. The Kier molecular flexibility index (Phi) is 3.83. The fourth-order valence-electron chi connectivity index (χ4n) is 1.84. The highest BCUT2D eigenvalue weighted by atomic mass is 32.2. The molecular weight excluding hydrogens is 266 g/mol. The van der Waals surface area contributed by atoms with E-state index in [1.807, 2.05) is 6.07 Å². The molecule has 7 heteroatoms. The normalized spacial score (nSPS) is 16.7. The molecular formula is C12H13N3O3S. The minimum Gasteiger partial charge on any atom is -0.354 e. The first-order valence-electron chi connectivity index (χ1n) is 5.77. The fraction of sp³-hybridized carbons (Fsp3) is 0.333. The summed E-state index contributed by atoms with van der Waals surface area (Å²) < 4.78 is 25.7. The van der Waals surface area contributed by atoms with Gasteiger partial charge in [-0.3, -0.25) is 4.79 Å². The first kappa shape index (κ1) is 13.5. The molecule has 1 saturated heterocycles. The van der Waals surface area contributed by atoms with E-state index >= 15 is 0 Å². The summed E-state index contributed by atoms with van der Waals surface area (Å²) in [6.45, 7) is 0.445. The van der Waals surface area contributed by atoms with Crippen molar-refractivity contribution in [1.29, 1.82) is 5.26 Å². The van der Waals surface area contributed by atoms with E-state index in [9.17, 15) is 13.2 Å². The Balaban J connectivity index is 2.24. The molecule has 1 fully saturated rings. The van der Waals surface area contributed by atoms with E-state index in [-0.39, 0.29) is 30.3 Å². The molecule has 0 radical (unpaired) electrons. The molecule has 1 heterocycles. The molecule has 1 aromatic rings. The van der Waals surface area contributed by atoms with Crippen molar-refractivity contribution in [2.75, 3.05) is 19.6 Å². The molecule has 0 unspecified atom stereocenters. The van der Waals surface area contributed by atoms with Crippen LogP contribution in [0, 0.1) is 11.3 Å². The number of sulfonamides is 1. The van der Waals surface area contributed by atoms with E-state index in [4.69, 9.17) is 5.26 Å². The second-order valence-electron chi connectivity index (χ2n) is 4.17. The van der Waals surface area contributed by atoms with Gasteiger partial charge in [0.05, 0.1) is 23.9 Å². The number of hydrogen-bond donors (Lipinski definition) is 1. The highest BCUT2D eigenvalue weighted by molar-refractivity contribution is 7.89. The van der Waals surface area contributed by atoms with Crippen LogP contribution in [0.4, 0.5) is 0 Å². The molecule has 1 aromatic carbocycles. The lowest BCUT2D eigenvalue weighted by atomic mass is 10.2. The van der Waals surface area contributed by atoms with Crippen molar-refractivity contribution in [3.8, 4) is 6.07 Å². The van der Waals surface area contributed by atoms with Crippen LogP contribution in [0.2, 0.25) is 0 Å². The van der Waals surface area contributed by atoms with E-state index in [1.165, 1.54) is 12.1 Å². The van der Waals surface area contributed by atoms with Crippen LogP contribution in [0.5, 0.6) is 0 Å². The van der Waals surface area contributed by atoms with Crippen LogP contribution in [0.1, 0.15) is 5.56 Å². The number of hydrogen-bond acceptors (Lipinski definition) is 4. The van der Waals surface area contributed by atoms with Gasteiger partial charge in [0, 0.05) is 13.1 Å². The number of benzene rings is 1. The molecule has 0 aromatic heterocycles. The van der Waals surface area contributed by atoms with Crippen molar-refractivity contribution in [3.63, 3.8) is 0 Å². The Hall–Kier alpha value is -1.91. The van der Waals surface area contributed by atoms with Crippen LogP contribution in [0.3, 0.4) is 0 Å². The van der Waals surface area contributed by atoms with Gasteiger partial charge in [-0.15, -0.1) is 0 Å². The first-order valence-corrected chi connectivity index (χ1v) is 7.21. The highest BCUT2D eigenvalue weighted by Crippen LogP contribution is 2.17. The quantitative estimate of drug-likeness (QED) is 0.834. The maximum absolute atomic E-state index is 12.3. The number of nitriles is 1. The highest BCUT2D eigenvalue weighted by Gasteiger charge is 2.28. The van der Waals surface area contributed by atoms with Gasteiger partial charge in [0.25, 0.3) is 0 Å². The van der Waals surface area contributed by atoms with Crippen LogP contribution in [-0.4, -0.2) is 38.3 Å². The maximum atomic E-state index is 12.3. The summed E-state index contributed by atoms with van der Waals surface area (Å²) in [5, 5.41) is 11.1. The molecule has 0 spiro atoms. The summed E-state index contributed by atoms with van der Waals surface area (Å²) in [5.41, 5.74) is 0.762. The van der Waals surface area contributed by atoms with Crippen molar-refractivity contribution < 1.29 is 13.2 Å². The summed E-state index contributed by atoms with van der Waals surface area (Å²) in [7, 11) is -3.64. The van der Waals surface area contributed by atoms with Gasteiger partial charge in [0.2, 0.25) is 15.9 Å². The van der Waals surface area contributed by atoms with Crippen LogP contribution >= 0.6 is 0 Å². The zero-order chi connectivity index (χ0) is 13.9. The van der Waals surface area contributed by atoms with Crippen molar-refractivity contribution in [2.45, 2.75) is 11.3 Å². The van der Waals surface area contributed by atoms with Gasteiger partial charge in [-0.25, -0.2) is 8.42 Å². The minimum absolute atomic E-state index is 0.142. The summed E-state index contributed by atoms with van der Waals surface area (Å²) in [6, 6.07) is 8.15. The van der Waals surface area contributed by atoms with E-state index in [2.05, 4.69) is 5.32 Å². The Morgan fingerprint density at radius 2 is 2.00 bits per heavy atom. The molecule has 0 bridgehead atoms. The molecule has 100 valence electrons. The summed E-state index contributed by atoms with van der Waals surface area (Å²) in [5.74, 6) is -0.295. The Morgan fingerprint density at radius 1 is 1.32 bits per heavy atom. The molecule has 1 aliphatic heterocycles. The first-order chi connectivity index (χ1) is 9.04. The standard InChI is InChI=1S/C12H13N3O3S/c13-6-5-10-1-3-11(4-2-10)19(17,18)15-8-7-14-12(16)9-15/h1-4H,5,7-9H2,(H,14,16). The lowest BCUT2D eigenvalue weighted by molar-refractivity contribution is -0.122. The molecule has 6 nitrogen and oxygen atoms in total. The summed E-state index contributed by atoms with van der Waals surface area (Å²) in [6.07, 6.45) is 0.243. The molecule has 1 aliphatic rings. The Morgan fingerprint density at radius 3 is 2.58 bits per heavy atom. The number of nitrogens with zero attached hydrogens (tertiary/aromatic N) is 2. The van der Waals surface area contributed by atoms with Crippen LogP contribution in [0.25, 0.3) is 0 Å². The van der Waals surface area contributed by atoms with E-state index in [0.717, 1.165) is 9.87 Å². The minimum atomic E-state index is -3.64. The molecule has 0 saturated carbocycles. The van der Waals surface area contributed by atoms with E-state index in [1.54, 1.807) is 12.1 Å². The third-order valence-corrected chi connectivity index (χ3v) is 4.71.